The summed E-state index contributed by atoms with van der Waals surface area (Å²) in [5.41, 5.74) is 1.72. The predicted octanol–water partition coefficient (Wildman–Crippen LogP) is 2.09. The summed E-state index contributed by atoms with van der Waals surface area (Å²) < 4.78 is 6.56. The third kappa shape index (κ3) is 2.65. The van der Waals surface area contributed by atoms with E-state index < -0.39 is 0 Å². The van der Waals surface area contributed by atoms with Crippen LogP contribution in [0.4, 0.5) is 0 Å². The van der Waals surface area contributed by atoms with Crippen LogP contribution in [0.5, 0.6) is 0 Å². The Bertz CT molecular complexity index is 646. The molecule has 0 amide bonds. The summed E-state index contributed by atoms with van der Waals surface area (Å²) in [4.78, 5) is 17.0. The fourth-order valence-electron chi connectivity index (χ4n) is 1.88. The molecule has 0 atom stereocenters. The van der Waals surface area contributed by atoms with Crippen molar-refractivity contribution in [2.75, 3.05) is 0 Å². The molecule has 0 bridgehead atoms. The highest BCUT2D eigenvalue weighted by molar-refractivity contribution is 5.97. The van der Waals surface area contributed by atoms with Crippen LogP contribution in [0.2, 0.25) is 0 Å². The number of hydrogen-bond acceptors (Lipinski definition) is 4. The average Bonchev–Trinajstić information content (AvgIpc) is 2.68. The predicted molar refractivity (Wildman–Crippen MR) is 70.8 cm³/mol. The van der Waals surface area contributed by atoms with Crippen LogP contribution in [0.3, 0.4) is 0 Å². The van der Waals surface area contributed by atoms with E-state index in [2.05, 4.69) is 10.1 Å². The van der Waals surface area contributed by atoms with Gasteiger partial charge in [0.1, 0.15) is 16.8 Å². The Hall–Kier alpha value is -2.17. The van der Waals surface area contributed by atoms with Gasteiger partial charge in [-0.1, -0.05) is 11.2 Å². The molecule has 5 nitrogen and oxygen atoms in total. The van der Waals surface area contributed by atoms with E-state index in [4.69, 9.17) is 4.52 Å². The molecule has 0 saturated carbocycles. The minimum atomic E-state index is -0.170. The van der Waals surface area contributed by atoms with Crippen LogP contribution in [-0.2, 0) is 0 Å². The first-order valence-corrected chi connectivity index (χ1v) is 6.20. The van der Waals surface area contributed by atoms with Gasteiger partial charge < -0.3 is 4.52 Å². The summed E-state index contributed by atoms with van der Waals surface area (Å²) in [6.07, 6.45) is 1.70. The topological polar surface area (TPSA) is 60.4 Å². The lowest BCUT2D eigenvalue weighted by molar-refractivity contribution is 0.0952. The summed E-state index contributed by atoms with van der Waals surface area (Å²) >= 11 is 0. The van der Waals surface area contributed by atoms with Crippen LogP contribution in [0.1, 0.15) is 35.7 Å². The zero-order chi connectivity index (χ0) is 14.0. The zero-order valence-electron chi connectivity index (χ0n) is 11.5. The molecule has 0 spiro atoms. The molecule has 0 radical (unpaired) electrons. The molecule has 0 unspecified atom stereocenters. The Morgan fingerprint density at radius 3 is 2.68 bits per heavy atom. The maximum atomic E-state index is 12.6. The second-order valence-electron chi connectivity index (χ2n) is 4.66. The standard InChI is InChI=1S/C14H17N3O2/c1-9(2)15-12-7-5-6-8-17(12)14(18)13-10(3)16-19-11(13)4/h5-9H,1-4H3. The van der Waals surface area contributed by atoms with Crippen molar-refractivity contribution in [2.24, 2.45) is 4.99 Å². The molecular formula is C14H17N3O2. The van der Waals surface area contributed by atoms with Gasteiger partial charge in [0, 0.05) is 12.2 Å². The number of pyridine rings is 1. The van der Waals surface area contributed by atoms with Gasteiger partial charge in [0.2, 0.25) is 0 Å². The monoisotopic (exact) mass is 259 g/mol. The van der Waals surface area contributed by atoms with Gasteiger partial charge in [-0.3, -0.25) is 14.4 Å². The molecule has 2 rings (SSSR count). The molecule has 0 N–H and O–H groups in total. The molecule has 5 heteroatoms. The molecule has 2 aromatic heterocycles. The van der Waals surface area contributed by atoms with E-state index >= 15 is 0 Å². The van der Waals surface area contributed by atoms with E-state index in [9.17, 15) is 4.79 Å². The molecule has 0 fully saturated rings. The van der Waals surface area contributed by atoms with E-state index in [1.165, 1.54) is 4.57 Å². The third-order valence-electron chi connectivity index (χ3n) is 2.69. The minimum absolute atomic E-state index is 0.117. The molecule has 100 valence electrons. The molecule has 0 aliphatic carbocycles. The first kappa shape index (κ1) is 13.3. The number of hydrogen-bond donors (Lipinski definition) is 0. The first-order valence-electron chi connectivity index (χ1n) is 6.20. The van der Waals surface area contributed by atoms with Crippen molar-refractivity contribution >= 4 is 5.91 Å². The van der Waals surface area contributed by atoms with Crippen molar-refractivity contribution in [1.29, 1.82) is 0 Å². The highest BCUT2D eigenvalue weighted by atomic mass is 16.5. The number of carbonyl (C=O) groups excluding carboxylic acids is 1. The first-order chi connectivity index (χ1) is 9.00. The summed E-state index contributed by atoms with van der Waals surface area (Å²) in [7, 11) is 0. The van der Waals surface area contributed by atoms with Gasteiger partial charge in [0.05, 0.1) is 5.69 Å². The normalized spacial score (nSPS) is 12.2. The SMILES string of the molecule is Cc1noc(C)c1C(=O)n1ccccc1=NC(C)C. The fourth-order valence-corrected chi connectivity index (χ4v) is 1.88. The van der Waals surface area contributed by atoms with Gasteiger partial charge in [-0.25, -0.2) is 0 Å². The molecular weight excluding hydrogens is 242 g/mol. The Morgan fingerprint density at radius 2 is 2.11 bits per heavy atom. The molecule has 0 saturated heterocycles. The van der Waals surface area contributed by atoms with Crippen LogP contribution in [0, 0.1) is 13.8 Å². The number of nitrogens with zero attached hydrogens (tertiary/aromatic N) is 3. The maximum Gasteiger partial charge on any atom is 0.269 e. The van der Waals surface area contributed by atoms with Gasteiger partial charge in [-0.2, -0.15) is 0 Å². The number of carbonyl (C=O) groups is 1. The maximum absolute atomic E-state index is 12.6. The van der Waals surface area contributed by atoms with E-state index in [1.807, 2.05) is 26.0 Å². The Labute approximate surface area is 111 Å². The summed E-state index contributed by atoms with van der Waals surface area (Å²) in [5.74, 6) is 0.352. The number of rotatable bonds is 2. The second-order valence-corrected chi connectivity index (χ2v) is 4.66. The van der Waals surface area contributed by atoms with Crippen LogP contribution in [0.15, 0.2) is 33.9 Å². The molecule has 0 aliphatic rings. The van der Waals surface area contributed by atoms with Crippen LogP contribution in [-0.4, -0.2) is 21.7 Å². The summed E-state index contributed by atoms with van der Waals surface area (Å²) in [5, 5.41) is 3.81. The van der Waals surface area contributed by atoms with E-state index in [0.717, 1.165) is 0 Å². The van der Waals surface area contributed by atoms with Crippen molar-refractivity contribution in [3.8, 4) is 0 Å². The van der Waals surface area contributed by atoms with Gasteiger partial charge in [-0.05, 0) is 39.8 Å². The van der Waals surface area contributed by atoms with Crippen LogP contribution >= 0.6 is 0 Å². The quantitative estimate of drug-likeness (QED) is 0.829. The van der Waals surface area contributed by atoms with Crippen molar-refractivity contribution in [3.05, 3.63) is 46.9 Å². The Kier molecular flexibility index (Phi) is 3.64. The molecule has 0 aliphatic heterocycles. The third-order valence-corrected chi connectivity index (χ3v) is 2.69. The lowest BCUT2D eigenvalue weighted by atomic mass is 10.2. The summed E-state index contributed by atoms with van der Waals surface area (Å²) in [6, 6.07) is 5.59. The van der Waals surface area contributed by atoms with Crippen molar-refractivity contribution in [3.63, 3.8) is 0 Å². The van der Waals surface area contributed by atoms with Crippen molar-refractivity contribution in [2.45, 2.75) is 33.7 Å². The molecule has 2 heterocycles. The Balaban J connectivity index is 2.58. The van der Waals surface area contributed by atoms with Crippen LogP contribution in [0.25, 0.3) is 0 Å². The molecule has 19 heavy (non-hydrogen) atoms. The van der Waals surface area contributed by atoms with Crippen LogP contribution < -0.4 is 5.49 Å². The minimum Gasteiger partial charge on any atom is -0.361 e. The largest absolute Gasteiger partial charge is 0.361 e. The summed E-state index contributed by atoms with van der Waals surface area (Å²) in [6.45, 7) is 7.43. The second kappa shape index (κ2) is 5.22. The van der Waals surface area contributed by atoms with Crippen molar-refractivity contribution < 1.29 is 9.32 Å². The van der Waals surface area contributed by atoms with Crippen molar-refractivity contribution in [1.82, 2.24) is 9.72 Å². The number of aromatic nitrogens is 2. The van der Waals surface area contributed by atoms with Gasteiger partial charge in [0.25, 0.3) is 5.91 Å². The number of aryl methyl sites for hydroxylation is 2. The zero-order valence-corrected chi connectivity index (χ0v) is 11.5. The van der Waals surface area contributed by atoms with Gasteiger partial charge in [0.15, 0.2) is 0 Å². The highest BCUT2D eigenvalue weighted by Gasteiger charge is 2.19. The van der Waals surface area contributed by atoms with E-state index in [0.29, 0.717) is 22.5 Å². The van der Waals surface area contributed by atoms with E-state index in [-0.39, 0.29) is 11.9 Å². The molecule has 2 aromatic rings. The fraction of sp³-hybridized carbons (Fsp3) is 0.357. The van der Waals surface area contributed by atoms with Gasteiger partial charge in [-0.15, -0.1) is 0 Å². The highest BCUT2D eigenvalue weighted by Crippen LogP contribution is 2.13. The lowest BCUT2D eigenvalue weighted by Gasteiger charge is -2.06. The molecule has 0 aromatic carbocycles. The van der Waals surface area contributed by atoms with Gasteiger partial charge >= 0.3 is 0 Å². The lowest BCUT2D eigenvalue weighted by Crippen LogP contribution is -2.28. The average molecular weight is 259 g/mol. The van der Waals surface area contributed by atoms with E-state index in [1.54, 1.807) is 26.1 Å². The smallest absolute Gasteiger partial charge is 0.269 e. The Morgan fingerprint density at radius 1 is 1.37 bits per heavy atom.